The maximum absolute atomic E-state index is 12.7. The molecule has 2 amide bonds. The summed E-state index contributed by atoms with van der Waals surface area (Å²) in [6, 6.07) is 0. The average molecular weight is 460 g/mol. The number of aromatic nitrogens is 3. The number of nitrogens with one attached hydrogen (secondary N) is 1. The Kier molecular flexibility index (Phi) is 7.55. The van der Waals surface area contributed by atoms with Crippen LogP contribution in [-0.2, 0) is 32.6 Å². The number of piperidine rings is 1. The predicted octanol–water partition coefficient (Wildman–Crippen LogP) is 1.07. The van der Waals surface area contributed by atoms with E-state index in [1.165, 1.54) is 4.90 Å². The lowest BCUT2D eigenvalue weighted by molar-refractivity contribution is -0.151. The van der Waals surface area contributed by atoms with Gasteiger partial charge < -0.3 is 19.5 Å². The van der Waals surface area contributed by atoms with Gasteiger partial charge in [0.2, 0.25) is 11.8 Å². The van der Waals surface area contributed by atoms with Crippen LogP contribution in [0.5, 0.6) is 0 Å². The van der Waals surface area contributed by atoms with E-state index in [-0.39, 0.29) is 48.6 Å². The first kappa shape index (κ1) is 24.5. The zero-order valence-electron chi connectivity index (χ0n) is 20.1. The number of amides is 2. The summed E-state index contributed by atoms with van der Waals surface area (Å²) in [7, 11) is 3.37. The number of carbonyl (C=O) groups is 3. The minimum absolute atomic E-state index is 0.0288. The zero-order valence-corrected chi connectivity index (χ0v) is 20.1. The van der Waals surface area contributed by atoms with Crippen LogP contribution in [0.3, 0.4) is 0 Å². The second kappa shape index (κ2) is 10.2. The second-order valence-corrected chi connectivity index (χ2v) is 8.65. The smallest absolute Gasteiger partial charge is 0.309 e. The lowest BCUT2D eigenvalue weighted by atomic mass is 9.97. The number of fused-ring (bicyclic) bond motifs is 1. The SMILES string of the molecule is CCOC(=O)C1CCN(C(=O)CN(C)C(=O)CCc2c(C)c3c(C)nn(C)c3[nH]c2=O)CC1. The van der Waals surface area contributed by atoms with Crippen molar-refractivity contribution in [2.75, 3.05) is 33.3 Å². The molecule has 1 aliphatic heterocycles. The van der Waals surface area contributed by atoms with Crippen molar-refractivity contribution in [1.82, 2.24) is 24.6 Å². The molecule has 0 radical (unpaired) electrons. The molecule has 180 valence electrons. The van der Waals surface area contributed by atoms with E-state index in [1.54, 1.807) is 30.6 Å². The number of esters is 1. The Labute approximate surface area is 192 Å². The van der Waals surface area contributed by atoms with Gasteiger partial charge in [-0.25, -0.2) is 0 Å². The number of ether oxygens (including phenoxy) is 1. The highest BCUT2D eigenvalue weighted by atomic mass is 16.5. The Bertz CT molecular complexity index is 1110. The van der Waals surface area contributed by atoms with Crippen LogP contribution in [0.25, 0.3) is 11.0 Å². The molecule has 1 fully saturated rings. The summed E-state index contributed by atoms with van der Waals surface area (Å²) in [4.78, 5) is 55.7. The van der Waals surface area contributed by atoms with E-state index in [0.29, 0.717) is 43.7 Å². The van der Waals surface area contributed by atoms with Gasteiger partial charge in [0, 0.05) is 44.6 Å². The van der Waals surface area contributed by atoms with Crippen molar-refractivity contribution < 1.29 is 19.1 Å². The molecule has 0 saturated carbocycles. The molecule has 33 heavy (non-hydrogen) atoms. The first-order valence-electron chi connectivity index (χ1n) is 11.4. The molecule has 0 aliphatic carbocycles. The molecule has 0 spiro atoms. The number of aryl methyl sites for hydroxylation is 3. The third-order valence-electron chi connectivity index (χ3n) is 6.41. The topological polar surface area (TPSA) is 118 Å². The molecule has 0 unspecified atom stereocenters. The van der Waals surface area contributed by atoms with Gasteiger partial charge in [0.05, 0.1) is 24.8 Å². The quantitative estimate of drug-likeness (QED) is 0.619. The second-order valence-electron chi connectivity index (χ2n) is 8.65. The first-order valence-corrected chi connectivity index (χ1v) is 11.4. The Morgan fingerprint density at radius 3 is 2.52 bits per heavy atom. The number of H-pyrrole nitrogens is 1. The molecular formula is C23H33N5O5. The summed E-state index contributed by atoms with van der Waals surface area (Å²) in [6.45, 7) is 6.81. The van der Waals surface area contributed by atoms with Crippen LogP contribution >= 0.6 is 0 Å². The molecule has 0 atom stereocenters. The summed E-state index contributed by atoms with van der Waals surface area (Å²) >= 11 is 0. The monoisotopic (exact) mass is 459 g/mol. The highest BCUT2D eigenvalue weighted by Crippen LogP contribution is 2.22. The summed E-state index contributed by atoms with van der Waals surface area (Å²) in [6.07, 6.45) is 1.55. The molecule has 0 aromatic carbocycles. The molecule has 1 saturated heterocycles. The van der Waals surface area contributed by atoms with E-state index in [4.69, 9.17) is 4.74 Å². The molecule has 1 N–H and O–H groups in total. The van der Waals surface area contributed by atoms with Gasteiger partial charge in [-0.05, 0) is 45.6 Å². The summed E-state index contributed by atoms with van der Waals surface area (Å²) < 4.78 is 6.70. The fourth-order valence-electron chi connectivity index (χ4n) is 4.49. The average Bonchev–Trinajstić information content (AvgIpc) is 3.06. The summed E-state index contributed by atoms with van der Waals surface area (Å²) in [5.41, 5.74) is 2.66. The van der Waals surface area contributed by atoms with Crippen LogP contribution in [0.4, 0.5) is 0 Å². The van der Waals surface area contributed by atoms with Gasteiger partial charge in [0.15, 0.2) is 0 Å². The Morgan fingerprint density at radius 1 is 1.21 bits per heavy atom. The van der Waals surface area contributed by atoms with Crippen LogP contribution in [0.15, 0.2) is 4.79 Å². The number of aromatic amines is 1. The number of nitrogens with zero attached hydrogens (tertiary/aromatic N) is 4. The van der Waals surface area contributed by atoms with Crippen molar-refractivity contribution >= 4 is 28.8 Å². The normalized spacial score (nSPS) is 14.5. The number of rotatable bonds is 7. The standard InChI is InChI=1S/C23H33N5O5/c1-6-33-23(32)16-9-11-28(12-10-16)19(30)13-26(4)18(29)8-7-17-14(2)20-15(3)25-27(5)21(20)24-22(17)31/h16H,6-13H2,1-5H3,(H,24,31). The summed E-state index contributed by atoms with van der Waals surface area (Å²) in [5, 5.41) is 5.26. The van der Waals surface area contributed by atoms with E-state index in [9.17, 15) is 19.2 Å². The van der Waals surface area contributed by atoms with Crippen molar-refractivity contribution in [2.24, 2.45) is 13.0 Å². The van der Waals surface area contributed by atoms with Gasteiger partial charge in [-0.2, -0.15) is 5.10 Å². The van der Waals surface area contributed by atoms with Gasteiger partial charge in [0.1, 0.15) is 5.65 Å². The van der Waals surface area contributed by atoms with Crippen molar-refractivity contribution in [3.63, 3.8) is 0 Å². The molecule has 3 heterocycles. The number of likely N-dealkylation sites (tertiary alicyclic amines) is 1. The van der Waals surface area contributed by atoms with Gasteiger partial charge in [-0.3, -0.25) is 23.9 Å². The van der Waals surface area contributed by atoms with E-state index in [0.717, 1.165) is 16.6 Å². The molecule has 0 bridgehead atoms. The van der Waals surface area contributed by atoms with Crippen LogP contribution in [0.1, 0.15) is 43.0 Å². The van der Waals surface area contributed by atoms with Crippen LogP contribution in [-0.4, -0.2) is 75.6 Å². The molecular weight excluding hydrogens is 426 g/mol. The fourth-order valence-corrected chi connectivity index (χ4v) is 4.49. The number of hydrogen-bond acceptors (Lipinski definition) is 6. The fraction of sp³-hybridized carbons (Fsp3) is 0.609. The first-order chi connectivity index (χ1) is 15.6. The van der Waals surface area contributed by atoms with E-state index in [1.807, 2.05) is 13.8 Å². The molecule has 10 heteroatoms. The highest BCUT2D eigenvalue weighted by Gasteiger charge is 2.29. The van der Waals surface area contributed by atoms with E-state index in [2.05, 4.69) is 10.1 Å². The van der Waals surface area contributed by atoms with Gasteiger partial charge in [-0.1, -0.05) is 0 Å². The number of carbonyl (C=O) groups excluding carboxylic acids is 3. The lowest BCUT2D eigenvalue weighted by Gasteiger charge is -2.32. The third kappa shape index (κ3) is 5.26. The molecule has 1 aliphatic rings. The van der Waals surface area contributed by atoms with Crippen LogP contribution < -0.4 is 5.56 Å². The largest absolute Gasteiger partial charge is 0.466 e. The number of likely N-dealkylation sites (N-methyl/N-ethyl adjacent to an activating group) is 1. The van der Waals surface area contributed by atoms with Crippen molar-refractivity contribution in [2.45, 2.75) is 46.5 Å². The van der Waals surface area contributed by atoms with Crippen LogP contribution in [0.2, 0.25) is 0 Å². The van der Waals surface area contributed by atoms with Crippen molar-refractivity contribution in [1.29, 1.82) is 0 Å². The van der Waals surface area contributed by atoms with E-state index < -0.39 is 0 Å². The van der Waals surface area contributed by atoms with Crippen molar-refractivity contribution in [3.05, 3.63) is 27.2 Å². The molecule has 3 rings (SSSR count). The lowest BCUT2D eigenvalue weighted by Crippen LogP contribution is -2.45. The maximum atomic E-state index is 12.7. The Hall–Kier alpha value is -3.17. The molecule has 2 aromatic rings. The summed E-state index contributed by atoms with van der Waals surface area (Å²) in [5.74, 6) is -0.724. The zero-order chi connectivity index (χ0) is 24.3. The Morgan fingerprint density at radius 2 is 1.88 bits per heavy atom. The van der Waals surface area contributed by atoms with Gasteiger partial charge in [0.25, 0.3) is 5.56 Å². The molecule has 10 nitrogen and oxygen atoms in total. The minimum atomic E-state index is -0.223. The van der Waals surface area contributed by atoms with Gasteiger partial charge in [-0.15, -0.1) is 0 Å². The Balaban J connectivity index is 1.55. The van der Waals surface area contributed by atoms with Gasteiger partial charge >= 0.3 is 5.97 Å². The maximum Gasteiger partial charge on any atom is 0.309 e. The number of pyridine rings is 1. The number of hydrogen-bond donors (Lipinski definition) is 1. The predicted molar refractivity (Wildman–Crippen MR) is 123 cm³/mol. The van der Waals surface area contributed by atoms with Crippen molar-refractivity contribution in [3.8, 4) is 0 Å². The minimum Gasteiger partial charge on any atom is -0.466 e. The molecule has 2 aromatic heterocycles. The van der Waals surface area contributed by atoms with Crippen LogP contribution in [0, 0.1) is 19.8 Å². The highest BCUT2D eigenvalue weighted by molar-refractivity contribution is 5.86. The van der Waals surface area contributed by atoms with E-state index >= 15 is 0 Å². The third-order valence-corrected chi connectivity index (χ3v) is 6.41.